The molecule has 1 aliphatic heterocycles. The third-order valence-corrected chi connectivity index (χ3v) is 3.59. The van der Waals surface area contributed by atoms with Crippen molar-refractivity contribution in [2.75, 3.05) is 32.8 Å². The van der Waals surface area contributed by atoms with Crippen molar-refractivity contribution in [3.05, 3.63) is 46.0 Å². The van der Waals surface area contributed by atoms with Gasteiger partial charge in [0.05, 0.1) is 18.1 Å². The predicted octanol–water partition coefficient (Wildman–Crippen LogP) is 0.478. The summed E-state index contributed by atoms with van der Waals surface area (Å²) in [6.07, 6.45) is 2.90. The van der Waals surface area contributed by atoms with Crippen LogP contribution < -0.4 is 10.9 Å². The van der Waals surface area contributed by atoms with E-state index in [2.05, 4.69) is 15.8 Å². The van der Waals surface area contributed by atoms with E-state index in [4.69, 9.17) is 4.74 Å². The minimum absolute atomic E-state index is 0.0565. The predicted molar refractivity (Wildman–Crippen MR) is 90.3 cm³/mol. The number of carbonyl (C=O) groups excluding carboxylic acids is 2. The number of amides is 2. The monoisotopic (exact) mass is 348 g/mol. The van der Waals surface area contributed by atoms with Crippen molar-refractivity contribution < 1.29 is 19.2 Å². The van der Waals surface area contributed by atoms with Crippen LogP contribution in [0, 0.1) is 10.1 Å². The fourth-order valence-corrected chi connectivity index (χ4v) is 2.23. The standard InChI is InChI=1S/C16H20N4O5/c21-15(5-4-13-2-1-3-14(12-13)20(23)24)17-18-16(22)6-7-19-8-10-25-11-9-19/h1-5,12H,6-11H2,(H,17,21)(H,18,22)/b5-4-. The second kappa shape index (κ2) is 9.50. The van der Waals surface area contributed by atoms with E-state index in [9.17, 15) is 19.7 Å². The number of hydrogen-bond donors (Lipinski definition) is 2. The second-order valence-electron chi connectivity index (χ2n) is 5.43. The van der Waals surface area contributed by atoms with Crippen LogP contribution in [0.2, 0.25) is 0 Å². The van der Waals surface area contributed by atoms with Crippen LogP contribution in [0.15, 0.2) is 30.3 Å². The highest BCUT2D eigenvalue weighted by Crippen LogP contribution is 2.13. The molecule has 1 aromatic carbocycles. The Hall–Kier alpha value is -2.78. The number of nitro groups is 1. The van der Waals surface area contributed by atoms with Gasteiger partial charge in [-0.2, -0.15) is 0 Å². The molecule has 1 heterocycles. The van der Waals surface area contributed by atoms with Crippen LogP contribution in [0.1, 0.15) is 12.0 Å². The zero-order valence-corrected chi connectivity index (χ0v) is 13.6. The molecule has 0 aromatic heterocycles. The van der Waals surface area contributed by atoms with Gasteiger partial charge in [-0.25, -0.2) is 0 Å². The zero-order chi connectivity index (χ0) is 18.1. The Morgan fingerprint density at radius 2 is 2.04 bits per heavy atom. The lowest BCUT2D eigenvalue weighted by molar-refractivity contribution is -0.384. The van der Waals surface area contributed by atoms with Crippen LogP contribution in [0.4, 0.5) is 5.69 Å². The Balaban J connectivity index is 1.71. The van der Waals surface area contributed by atoms with Crippen LogP contribution in [0.3, 0.4) is 0 Å². The molecular weight excluding hydrogens is 328 g/mol. The highest BCUT2D eigenvalue weighted by molar-refractivity contribution is 5.93. The molecule has 0 aliphatic carbocycles. The maximum absolute atomic E-state index is 11.7. The summed E-state index contributed by atoms with van der Waals surface area (Å²) in [6, 6.07) is 5.89. The molecule has 1 saturated heterocycles. The van der Waals surface area contributed by atoms with Crippen LogP contribution in [0.25, 0.3) is 6.08 Å². The molecule has 2 rings (SSSR count). The van der Waals surface area contributed by atoms with Gasteiger partial charge in [-0.15, -0.1) is 0 Å². The van der Waals surface area contributed by atoms with Gasteiger partial charge in [-0.3, -0.25) is 35.5 Å². The number of benzene rings is 1. The Morgan fingerprint density at radius 1 is 1.28 bits per heavy atom. The summed E-state index contributed by atoms with van der Waals surface area (Å²) < 4.78 is 5.23. The number of hydrogen-bond acceptors (Lipinski definition) is 6. The fourth-order valence-electron chi connectivity index (χ4n) is 2.23. The summed E-state index contributed by atoms with van der Waals surface area (Å²) in [5, 5.41) is 10.7. The molecule has 0 radical (unpaired) electrons. The van der Waals surface area contributed by atoms with E-state index >= 15 is 0 Å². The van der Waals surface area contributed by atoms with Gasteiger partial charge in [0.2, 0.25) is 5.91 Å². The molecule has 25 heavy (non-hydrogen) atoms. The molecule has 9 nitrogen and oxygen atoms in total. The molecule has 9 heteroatoms. The van der Waals surface area contributed by atoms with E-state index in [1.54, 1.807) is 6.07 Å². The molecule has 2 N–H and O–H groups in total. The summed E-state index contributed by atoms with van der Waals surface area (Å²) in [6.45, 7) is 3.54. The Morgan fingerprint density at radius 3 is 2.76 bits per heavy atom. The summed E-state index contributed by atoms with van der Waals surface area (Å²) >= 11 is 0. The van der Waals surface area contributed by atoms with Crippen molar-refractivity contribution in [1.29, 1.82) is 0 Å². The lowest BCUT2D eigenvalue weighted by atomic mass is 10.2. The Labute approximate surface area is 144 Å². The number of nitro benzene ring substituents is 1. The van der Waals surface area contributed by atoms with E-state index in [1.165, 1.54) is 30.4 Å². The van der Waals surface area contributed by atoms with Gasteiger partial charge in [0.1, 0.15) is 0 Å². The first-order valence-corrected chi connectivity index (χ1v) is 7.86. The molecule has 0 atom stereocenters. The number of hydrazine groups is 1. The summed E-state index contributed by atoms with van der Waals surface area (Å²) in [5.74, 6) is -0.810. The first-order valence-electron chi connectivity index (χ1n) is 7.86. The van der Waals surface area contributed by atoms with E-state index in [0.29, 0.717) is 25.3 Å². The summed E-state index contributed by atoms with van der Waals surface area (Å²) in [5.41, 5.74) is 5.07. The van der Waals surface area contributed by atoms with Crippen molar-refractivity contribution in [3.63, 3.8) is 0 Å². The van der Waals surface area contributed by atoms with Gasteiger partial charge < -0.3 is 4.74 Å². The zero-order valence-electron chi connectivity index (χ0n) is 13.6. The molecule has 1 aromatic rings. The smallest absolute Gasteiger partial charge is 0.270 e. The van der Waals surface area contributed by atoms with Gasteiger partial charge in [-0.05, 0) is 11.6 Å². The molecule has 0 spiro atoms. The molecule has 0 bridgehead atoms. The molecular formula is C16H20N4O5. The highest BCUT2D eigenvalue weighted by atomic mass is 16.6. The van der Waals surface area contributed by atoms with Gasteiger partial charge in [0.15, 0.2) is 0 Å². The molecule has 0 unspecified atom stereocenters. The number of ether oxygens (including phenoxy) is 1. The first kappa shape index (κ1) is 18.6. The van der Waals surface area contributed by atoms with Gasteiger partial charge in [0.25, 0.3) is 11.6 Å². The number of non-ortho nitro benzene ring substituents is 1. The quantitative estimate of drug-likeness (QED) is 0.439. The van der Waals surface area contributed by atoms with E-state index < -0.39 is 10.8 Å². The normalized spacial score (nSPS) is 15.0. The first-order chi connectivity index (χ1) is 12.0. The maximum Gasteiger partial charge on any atom is 0.270 e. The average Bonchev–Trinajstić information content (AvgIpc) is 2.64. The number of nitrogens with one attached hydrogen (secondary N) is 2. The summed E-state index contributed by atoms with van der Waals surface area (Å²) in [4.78, 5) is 35.7. The third-order valence-electron chi connectivity index (χ3n) is 3.59. The molecule has 2 amide bonds. The van der Waals surface area contributed by atoms with Crippen LogP contribution in [-0.2, 0) is 14.3 Å². The minimum atomic E-state index is -0.522. The largest absolute Gasteiger partial charge is 0.379 e. The van der Waals surface area contributed by atoms with Crippen molar-refractivity contribution >= 4 is 23.6 Å². The SMILES string of the molecule is O=C(/C=C\c1cccc([N+](=O)[O-])c1)NNC(=O)CCN1CCOCC1. The van der Waals surface area contributed by atoms with Gasteiger partial charge >= 0.3 is 0 Å². The topological polar surface area (TPSA) is 114 Å². The van der Waals surface area contributed by atoms with Gasteiger partial charge in [-0.1, -0.05) is 12.1 Å². The van der Waals surface area contributed by atoms with E-state index in [0.717, 1.165) is 13.1 Å². The number of rotatable bonds is 6. The fraction of sp³-hybridized carbons (Fsp3) is 0.375. The van der Waals surface area contributed by atoms with Crippen LogP contribution in [0.5, 0.6) is 0 Å². The van der Waals surface area contributed by atoms with Crippen molar-refractivity contribution in [2.24, 2.45) is 0 Å². The van der Waals surface area contributed by atoms with Crippen LogP contribution >= 0.6 is 0 Å². The lowest BCUT2D eigenvalue weighted by Gasteiger charge is -2.26. The van der Waals surface area contributed by atoms with Crippen molar-refractivity contribution in [3.8, 4) is 0 Å². The average molecular weight is 348 g/mol. The van der Waals surface area contributed by atoms with Gasteiger partial charge in [0, 0.05) is 44.3 Å². The minimum Gasteiger partial charge on any atom is -0.379 e. The maximum atomic E-state index is 11.7. The number of morpholine rings is 1. The third kappa shape index (κ3) is 6.69. The molecule has 134 valence electrons. The van der Waals surface area contributed by atoms with Crippen molar-refractivity contribution in [2.45, 2.75) is 6.42 Å². The highest BCUT2D eigenvalue weighted by Gasteiger charge is 2.12. The molecule has 1 fully saturated rings. The second-order valence-corrected chi connectivity index (χ2v) is 5.43. The number of nitrogens with zero attached hydrogens (tertiary/aromatic N) is 2. The lowest BCUT2D eigenvalue weighted by Crippen LogP contribution is -2.43. The Bertz CT molecular complexity index is 656. The van der Waals surface area contributed by atoms with Crippen molar-refractivity contribution in [1.82, 2.24) is 15.8 Å². The van der Waals surface area contributed by atoms with E-state index in [1.807, 2.05) is 0 Å². The molecule has 1 aliphatic rings. The Kier molecular flexibility index (Phi) is 7.05. The molecule has 0 saturated carbocycles. The number of carbonyl (C=O) groups is 2. The summed E-state index contributed by atoms with van der Waals surface area (Å²) in [7, 11) is 0. The van der Waals surface area contributed by atoms with E-state index in [-0.39, 0.29) is 18.0 Å². The van der Waals surface area contributed by atoms with Crippen LogP contribution in [-0.4, -0.2) is 54.5 Å².